The molecule has 2 rings (SSSR count). The van der Waals surface area contributed by atoms with Crippen molar-refractivity contribution in [3.8, 4) is 0 Å². The van der Waals surface area contributed by atoms with Gasteiger partial charge in [-0.25, -0.2) is 0 Å². The summed E-state index contributed by atoms with van der Waals surface area (Å²) in [6.45, 7) is 1.82. The monoisotopic (exact) mass is 318 g/mol. The van der Waals surface area contributed by atoms with Gasteiger partial charge in [0.2, 0.25) is 0 Å². The minimum absolute atomic E-state index is 0.183. The number of hydrogen-bond acceptors (Lipinski definition) is 2. The molecule has 0 radical (unpaired) electrons. The van der Waals surface area contributed by atoms with Gasteiger partial charge in [-0.3, -0.25) is 4.79 Å². The highest BCUT2D eigenvalue weighted by Gasteiger charge is 2.11. The highest BCUT2D eigenvalue weighted by molar-refractivity contribution is 7.80. The van der Waals surface area contributed by atoms with Crippen molar-refractivity contribution in [3.63, 3.8) is 0 Å². The minimum Gasteiger partial charge on any atom is -0.393 e. The first-order chi connectivity index (χ1) is 9.97. The summed E-state index contributed by atoms with van der Waals surface area (Å²) in [5, 5.41) is 3.42. The van der Waals surface area contributed by atoms with Crippen molar-refractivity contribution in [2.75, 3.05) is 5.32 Å². The number of nitrogens with two attached hydrogens (primary N) is 1. The van der Waals surface area contributed by atoms with Crippen LogP contribution in [0.3, 0.4) is 0 Å². The van der Waals surface area contributed by atoms with Crippen LogP contribution in [0.25, 0.3) is 0 Å². The van der Waals surface area contributed by atoms with E-state index in [2.05, 4.69) is 5.32 Å². The van der Waals surface area contributed by atoms with Crippen LogP contribution in [0.15, 0.2) is 42.5 Å². The van der Waals surface area contributed by atoms with E-state index in [0.717, 1.165) is 11.1 Å². The maximum atomic E-state index is 12.2. The summed E-state index contributed by atoms with van der Waals surface area (Å²) in [7, 11) is 0. The van der Waals surface area contributed by atoms with Gasteiger partial charge in [0.25, 0.3) is 5.91 Å². The number of benzene rings is 2. The molecule has 0 aliphatic carbocycles. The fourth-order valence-corrected chi connectivity index (χ4v) is 2.30. The number of halogens is 1. The molecule has 0 bridgehead atoms. The third-order valence-corrected chi connectivity index (χ3v) is 3.66. The second kappa shape index (κ2) is 6.70. The highest BCUT2D eigenvalue weighted by atomic mass is 35.5. The first kappa shape index (κ1) is 15.5. The van der Waals surface area contributed by atoms with Gasteiger partial charge in [-0.1, -0.05) is 42.0 Å². The molecular weight excluding hydrogens is 304 g/mol. The Labute approximate surface area is 134 Å². The Morgan fingerprint density at radius 1 is 1.24 bits per heavy atom. The van der Waals surface area contributed by atoms with Crippen molar-refractivity contribution >= 4 is 40.4 Å². The minimum atomic E-state index is -0.183. The number of carbonyl (C=O) groups is 1. The Hall–Kier alpha value is -1.91. The molecule has 3 nitrogen and oxygen atoms in total. The van der Waals surface area contributed by atoms with Crippen LogP contribution in [0.1, 0.15) is 21.5 Å². The average Bonchev–Trinajstić information content (AvgIpc) is 2.43. The van der Waals surface area contributed by atoms with E-state index in [1.165, 1.54) is 0 Å². The number of hydrogen-bond donors (Lipinski definition) is 2. The van der Waals surface area contributed by atoms with Gasteiger partial charge in [0, 0.05) is 22.7 Å². The topological polar surface area (TPSA) is 55.1 Å². The van der Waals surface area contributed by atoms with Crippen molar-refractivity contribution in [2.45, 2.75) is 13.3 Å². The maximum Gasteiger partial charge on any atom is 0.255 e. The van der Waals surface area contributed by atoms with E-state index in [1.54, 1.807) is 18.2 Å². The molecule has 3 N–H and O–H groups in total. The summed E-state index contributed by atoms with van der Waals surface area (Å²) < 4.78 is 0. The molecule has 0 saturated carbocycles. The lowest BCUT2D eigenvalue weighted by molar-refractivity contribution is 0.102. The third kappa shape index (κ3) is 4.03. The Balaban J connectivity index is 2.12. The molecule has 0 fully saturated rings. The van der Waals surface area contributed by atoms with E-state index in [9.17, 15) is 4.79 Å². The summed E-state index contributed by atoms with van der Waals surface area (Å²) in [5.74, 6) is -0.183. The van der Waals surface area contributed by atoms with E-state index < -0.39 is 0 Å². The Kier molecular flexibility index (Phi) is 4.94. The Morgan fingerprint density at radius 3 is 2.52 bits per heavy atom. The fourth-order valence-electron chi connectivity index (χ4n) is 1.96. The van der Waals surface area contributed by atoms with Crippen LogP contribution in [0.5, 0.6) is 0 Å². The summed E-state index contributed by atoms with van der Waals surface area (Å²) in [6, 6.07) is 12.7. The van der Waals surface area contributed by atoms with Gasteiger partial charge in [0.05, 0.1) is 4.99 Å². The number of nitrogens with one attached hydrogen (secondary N) is 1. The third-order valence-electron chi connectivity index (χ3n) is 3.10. The second-order valence-corrected chi connectivity index (χ2v) is 5.64. The lowest BCUT2D eigenvalue weighted by Crippen LogP contribution is -2.14. The molecule has 0 spiro atoms. The zero-order valence-electron chi connectivity index (χ0n) is 11.5. The number of rotatable bonds is 4. The number of thiocarbonyl (C=S) groups is 1. The molecule has 1 amide bonds. The van der Waals surface area contributed by atoms with Crippen LogP contribution in [0, 0.1) is 6.92 Å². The summed E-state index contributed by atoms with van der Waals surface area (Å²) in [6.07, 6.45) is 0.553. The van der Waals surface area contributed by atoms with Gasteiger partial charge in [-0.2, -0.15) is 0 Å². The maximum absolute atomic E-state index is 12.2. The molecule has 0 heterocycles. The first-order valence-electron chi connectivity index (χ1n) is 6.41. The largest absolute Gasteiger partial charge is 0.393 e. The van der Waals surface area contributed by atoms with Gasteiger partial charge < -0.3 is 11.1 Å². The molecule has 108 valence electrons. The predicted molar refractivity (Wildman–Crippen MR) is 91.1 cm³/mol. The molecule has 2 aromatic rings. The average molecular weight is 319 g/mol. The van der Waals surface area contributed by atoms with E-state index in [1.807, 2.05) is 31.2 Å². The van der Waals surface area contributed by atoms with Crippen molar-refractivity contribution in [1.82, 2.24) is 0 Å². The number of carbonyl (C=O) groups excluding carboxylic acids is 1. The van der Waals surface area contributed by atoms with Crippen LogP contribution >= 0.6 is 23.8 Å². The normalized spacial score (nSPS) is 10.2. The van der Waals surface area contributed by atoms with Crippen LogP contribution in [-0.4, -0.2) is 10.9 Å². The summed E-state index contributed by atoms with van der Waals surface area (Å²) >= 11 is 10.9. The van der Waals surface area contributed by atoms with Gasteiger partial charge in [-0.05, 0) is 42.3 Å². The van der Waals surface area contributed by atoms with Crippen LogP contribution in [0.4, 0.5) is 5.69 Å². The predicted octanol–water partition coefficient (Wildman–Crippen LogP) is 3.73. The lowest BCUT2D eigenvalue weighted by atomic mass is 10.1. The van der Waals surface area contributed by atoms with Crippen molar-refractivity contribution in [1.29, 1.82) is 0 Å². The summed E-state index contributed by atoms with van der Waals surface area (Å²) in [4.78, 5) is 12.7. The van der Waals surface area contributed by atoms with E-state index in [-0.39, 0.29) is 5.91 Å². The molecule has 2 aromatic carbocycles. The van der Waals surface area contributed by atoms with Crippen molar-refractivity contribution in [2.24, 2.45) is 5.73 Å². The van der Waals surface area contributed by atoms with Crippen LogP contribution in [-0.2, 0) is 6.42 Å². The molecule has 0 saturated heterocycles. The molecule has 0 aliphatic heterocycles. The number of amides is 1. The molecule has 0 unspecified atom stereocenters. The van der Waals surface area contributed by atoms with Crippen LogP contribution in [0.2, 0.25) is 5.02 Å². The molecule has 0 aromatic heterocycles. The quantitative estimate of drug-likeness (QED) is 0.845. The first-order valence-corrected chi connectivity index (χ1v) is 7.19. The Bertz CT molecular complexity index is 683. The van der Waals surface area contributed by atoms with Crippen LogP contribution < -0.4 is 11.1 Å². The standard InChI is InChI=1S/C16H15ClN2OS/c1-10-13(3-2-4-14(10)17)16(20)19-12-7-5-11(6-8-12)9-15(18)21/h2-8H,9H2,1H3,(H2,18,21)(H,19,20). The zero-order chi connectivity index (χ0) is 15.4. The van der Waals surface area contributed by atoms with Gasteiger partial charge in [0.15, 0.2) is 0 Å². The molecule has 21 heavy (non-hydrogen) atoms. The van der Waals surface area contributed by atoms with E-state index in [4.69, 9.17) is 29.6 Å². The van der Waals surface area contributed by atoms with E-state index >= 15 is 0 Å². The smallest absolute Gasteiger partial charge is 0.255 e. The SMILES string of the molecule is Cc1c(Cl)cccc1C(=O)Nc1ccc(CC(N)=S)cc1. The summed E-state index contributed by atoms with van der Waals surface area (Å²) in [5.41, 5.74) is 8.56. The fraction of sp³-hybridized carbons (Fsp3) is 0.125. The molecule has 5 heteroatoms. The van der Waals surface area contributed by atoms with E-state index in [0.29, 0.717) is 27.7 Å². The molecule has 0 aliphatic rings. The van der Waals surface area contributed by atoms with Crippen molar-refractivity contribution < 1.29 is 4.79 Å². The molecule has 0 atom stereocenters. The molecular formula is C16H15ClN2OS. The second-order valence-electron chi connectivity index (χ2n) is 4.71. The van der Waals surface area contributed by atoms with Gasteiger partial charge in [-0.15, -0.1) is 0 Å². The number of anilines is 1. The highest BCUT2D eigenvalue weighted by Crippen LogP contribution is 2.20. The zero-order valence-corrected chi connectivity index (χ0v) is 13.1. The Morgan fingerprint density at radius 2 is 1.90 bits per heavy atom. The van der Waals surface area contributed by atoms with Gasteiger partial charge >= 0.3 is 0 Å². The van der Waals surface area contributed by atoms with Crippen molar-refractivity contribution in [3.05, 3.63) is 64.2 Å². The lowest BCUT2D eigenvalue weighted by Gasteiger charge is -2.09. The van der Waals surface area contributed by atoms with Gasteiger partial charge in [0.1, 0.15) is 0 Å².